The maximum atomic E-state index is 13.4. The standard InChI is InChI=1S/C24H20Cl2F4N4O/c1-13-21(23(35)31-10-2-3-14-4-7-16(27)8-5-14)22(15-6-9-17(25)18(26)11-15)34-20(32-13)12-19(33-34)24(28,29)30/h4-9,11-12,22,32H,2-3,10H2,1H3,(H,31,35)/t22-/m0/s1. The highest BCUT2D eigenvalue weighted by Crippen LogP contribution is 2.40. The summed E-state index contributed by atoms with van der Waals surface area (Å²) in [6.45, 7) is 1.92. The first-order valence-corrected chi connectivity index (χ1v) is 11.4. The highest BCUT2D eigenvalue weighted by Gasteiger charge is 2.39. The summed E-state index contributed by atoms with van der Waals surface area (Å²) in [5, 5.41) is 9.90. The van der Waals surface area contributed by atoms with Crippen molar-refractivity contribution in [3.8, 4) is 0 Å². The molecule has 0 saturated carbocycles. The van der Waals surface area contributed by atoms with Gasteiger partial charge in [0.05, 0.1) is 15.6 Å². The number of benzene rings is 2. The smallest absolute Gasteiger partial charge is 0.352 e. The van der Waals surface area contributed by atoms with E-state index in [-0.39, 0.29) is 27.3 Å². The average molecular weight is 527 g/mol. The minimum absolute atomic E-state index is 0.0961. The first-order chi connectivity index (χ1) is 16.5. The van der Waals surface area contributed by atoms with Crippen LogP contribution in [0.3, 0.4) is 0 Å². The predicted molar refractivity (Wildman–Crippen MR) is 126 cm³/mol. The van der Waals surface area contributed by atoms with Gasteiger partial charge < -0.3 is 10.6 Å². The van der Waals surface area contributed by atoms with E-state index in [1.807, 2.05) is 0 Å². The molecule has 0 fully saturated rings. The Labute approximate surface area is 208 Å². The number of carbonyl (C=O) groups excluding carboxylic acids is 1. The van der Waals surface area contributed by atoms with E-state index in [2.05, 4.69) is 15.7 Å². The van der Waals surface area contributed by atoms with Crippen molar-refractivity contribution in [3.63, 3.8) is 0 Å². The number of halogens is 6. The van der Waals surface area contributed by atoms with Gasteiger partial charge in [-0.1, -0.05) is 41.4 Å². The maximum absolute atomic E-state index is 13.4. The van der Waals surface area contributed by atoms with Crippen molar-refractivity contribution in [1.82, 2.24) is 15.1 Å². The van der Waals surface area contributed by atoms with Crippen molar-refractivity contribution in [2.45, 2.75) is 32.0 Å². The third-order valence-electron chi connectivity index (χ3n) is 5.61. The fourth-order valence-electron chi connectivity index (χ4n) is 3.94. The van der Waals surface area contributed by atoms with Crippen LogP contribution >= 0.6 is 23.2 Å². The normalized spacial score (nSPS) is 15.6. The topological polar surface area (TPSA) is 59.0 Å². The zero-order valence-electron chi connectivity index (χ0n) is 18.4. The second kappa shape index (κ2) is 9.91. The number of nitrogens with one attached hydrogen (secondary N) is 2. The van der Waals surface area contributed by atoms with E-state index in [0.29, 0.717) is 30.6 Å². The van der Waals surface area contributed by atoms with E-state index in [9.17, 15) is 22.4 Å². The molecule has 1 atom stereocenters. The number of alkyl halides is 3. The zero-order valence-corrected chi connectivity index (χ0v) is 19.9. The molecule has 2 N–H and O–H groups in total. The summed E-state index contributed by atoms with van der Waals surface area (Å²) in [7, 11) is 0. The minimum atomic E-state index is -4.66. The molecule has 35 heavy (non-hydrogen) atoms. The molecule has 4 rings (SSSR count). The summed E-state index contributed by atoms with van der Waals surface area (Å²) >= 11 is 12.2. The Kier molecular flexibility index (Phi) is 7.10. The fourth-order valence-corrected chi connectivity index (χ4v) is 4.24. The molecule has 11 heteroatoms. The van der Waals surface area contributed by atoms with Gasteiger partial charge in [0, 0.05) is 18.3 Å². The zero-order chi connectivity index (χ0) is 25.3. The molecule has 0 spiro atoms. The van der Waals surface area contributed by atoms with E-state index in [1.165, 1.54) is 24.3 Å². The molecule has 1 aliphatic rings. The summed E-state index contributed by atoms with van der Waals surface area (Å²) in [5.74, 6) is -0.687. The third kappa shape index (κ3) is 5.46. The monoisotopic (exact) mass is 526 g/mol. The van der Waals surface area contributed by atoms with Crippen LogP contribution in [0.2, 0.25) is 10.0 Å². The van der Waals surface area contributed by atoms with Crippen LogP contribution in [0.1, 0.15) is 36.2 Å². The molecular formula is C24H20Cl2F4N4O. The van der Waals surface area contributed by atoms with Crippen molar-refractivity contribution in [2.24, 2.45) is 0 Å². The van der Waals surface area contributed by atoms with E-state index >= 15 is 0 Å². The van der Waals surface area contributed by atoms with Gasteiger partial charge in [-0.25, -0.2) is 9.07 Å². The molecule has 3 aromatic rings. The van der Waals surface area contributed by atoms with E-state index in [1.54, 1.807) is 25.1 Å². The van der Waals surface area contributed by atoms with Crippen LogP contribution in [0.5, 0.6) is 0 Å². The number of aryl methyl sites for hydroxylation is 1. The molecule has 1 amide bonds. The van der Waals surface area contributed by atoms with Crippen LogP contribution in [-0.2, 0) is 17.4 Å². The summed E-state index contributed by atoms with van der Waals surface area (Å²) < 4.78 is 54.4. The van der Waals surface area contributed by atoms with Crippen molar-refractivity contribution >= 4 is 34.9 Å². The van der Waals surface area contributed by atoms with Crippen molar-refractivity contribution in [1.29, 1.82) is 0 Å². The van der Waals surface area contributed by atoms with E-state index < -0.39 is 23.8 Å². The SMILES string of the molecule is CC1=C(C(=O)NCCCc2ccc(F)cc2)[C@H](c2ccc(Cl)c(Cl)c2)n2nc(C(F)(F)F)cc2N1. The average Bonchev–Trinajstić information content (AvgIpc) is 3.23. The van der Waals surface area contributed by atoms with Crippen LogP contribution in [0.4, 0.5) is 23.4 Å². The number of carbonyl (C=O) groups is 1. The van der Waals surface area contributed by atoms with Crippen LogP contribution in [0.15, 0.2) is 59.8 Å². The molecule has 184 valence electrons. The number of rotatable bonds is 6. The molecule has 0 aliphatic carbocycles. The van der Waals surface area contributed by atoms with Crippen LogP contribution in [-0.4, -0.2) is 22.2 Å². The molecule has 2 aromatic carbocycles. The third-order valence-corrected chi connectivity index (χ3v) is 6.35. The van der Waals surface area contributed by atoms with Gasteiger partial charge in [0.2, 0.25) is 0 Å². The molecule has 0 saturated heterocycles. The number of anilines is 1. The highest BCUT2D eigenvalue weighted by molar-refractivity contribution is 6.42. The molecule has 2 heterocycles. The lowest BCUT2D eigenvalue weighted by Crippen LogP contribution is -2.35. The van der Waals surface area contributed by atoms with Crippen LogP contribution in [0, 0.1) is 5.82 Å². The van der Waals surface area contributed by atoms with Gasteiger partial charge in [-0.15, -0.1) is 0 Å². The molecule has 0 bridgehead atoms. The number of nitrogens with zero attached hydrogens (tertiary/aromatic N) is 2. The summed E-state index contributed by atoms with van der Waals surface area (Å²) in [6, 6.07) is 10.6. The van der Waals surface area contributed by atoms with Gasteiger partial charge in [0.1, 0.15) is 17.7 Å². The fraction of sp³-hybridized carbons (Fsp3) is 0.250. The second-order valence-corrected chi connectivity index (χ2v) is 8.90. The van der Waals surface area contributed by atoms with E-state index in [4.69, 9.17) is 23.2 Å². The number of hydrogen-bond acceptors (Lipinski definition) is 3. The molecule has 0 radical (unpaired) electrons. The Morgan fingerprint density at radius 1 is 1.11 bits per heavy atom. The van der Waals surface area contributed by atoms with E-state index in [0.717, 1.165) is 16.3 Å². The van der Waals surface area contributed by atoms with Gasteiger partial charge in [-0.05, 0) is 55.2 Å². The number of hydrogen-bond donors (Lipinski definition) is 2. The lowest BCUT2D eigenvalue weighted by atomic mass is 9.94. The van der Waals surface area contributed by atoms with Gasteiger partial charge in [0.25, 0.3) is 5.91 Å². The Bertz CT molecular complexity index is 1290. The number of allylic oxidation sites excluding steroid dienone is 1. The van der Waals surface area contributed by atoms with Gasteiger partial charge in [-0.2, -0.15) is 18.3 Å². The highest BCUT2D eigenvalue weighted by atomic mass is 35.5. The van der Waals surface area contributed by atoms with Gasteiger partial charge in [-0.3, -0.25) is 4.79 Å². The number of aromatic nitrogens is 2. The Hall–Kier alpha value is -3.04. The van der Waals surface area contributed by atoms with Crippen molar-refractivity contribution < 1.29 is 22.4 Å². The summed E-state index contributed by atoms with van der Waals surface area (Å²) in [4.78, 5) is 13.2. The summed E-state index contributed by atoms with van der Waals surface area (Å²) in [6.07, 6.45) is -3.46. The lowest BCUT2D eigenvalue weighted by molar-refractivity contribution is -0.141. The Morgan fingerprint density at radius 3 is 2.49 bits per heavy atom. The second-order valence-electron chi connectivity index (χ2n) is 8.08. The summed E-state index contributed by atoms with van der Waals surface area (Å²) in [5.41, 5.74) is 0.881. The molecular weight excluding hydrogens is 507 g/mol. The first kappa shape index (κ1) is 25.1. The Balaban J connectivity index is 1.60. The minimum Gasteiger partial charge on any atom is -0.352 e. The van der Waals surface area contributed by atoms with Gasteiger partial charge in [0.15, 0.2) is 5.69 Å². The first-order valence-electron chi connectivity index (χ1n) is 10.7. The molecule has 1 aliphatic heterocycles. The van der Waals surface area contributed by atoms with Crippen LogP contribution in [0.25, 0.3) is 0 Å². The molecule has 5 nitrogen and oxygen atoms in total. The number of fused-ring (bicyclic) bond motifs is 1. The predicted octanol–water partition coefficient (Wildman–Crippen LogP) is 6.39. The van der Waals surface area contributed by atoms with Crippen molar-refractivity contribution in [2.75, 3.05) is 11.9 Å². The van der Waals surface area contributed by atoms with Gasteiger partial charge >= 0.3 is 6.18 Å². The lowest BCUT2D eigenvalue weighted by Gasteiger charge is -2.30. The van der Waals surface area contributed by atoms with Crippen molar-refractivity contribution in [3.05, 3.63) is 92.5 Å². The largest absolute Gasteiger partial charge is 0.435 e. The quantitative estimate of drug-likeness (QED) is 0.289. The molecule has 1 aromatic heterocycles. The Morgan fingerprint density at radius 2 is 1.83 bits per heavy atom. The van der Waals surface area contributed by atoms with Crippen LogP contribution < -0.4 is 10.6 Å². The maximum Gasteiger partial charge on any atom is 0.435 e. The molecule has 0 unspecified atom stereocenters. The number of amides is 1.